The molecule has 7 heteroatoms. The fourth-order valence-electron chi connectivity index (χ4n) is 3.09. The van der Waals surface area contributed by atoms with E-state index in [9.17, 15) is 13.2 Å². The number of carboxylic acids is 1. The molecule has 0 saturated carbocycles. The van der Waals surface area contributed by atoms with Crippen LogP contribution in [0.1, 0.15) is 42.0 Å². The quantitative estimate of drug-likeness (QED) is 0.850. The first-order chi connectivity index (χ1) is 9.96. The number of fused-ring (bicyclic) bond motifs is 1. The van der Waals surface area contributed by atoms with Gasteiger partial charge < -0.3 is 9.84 Å². The van der Waals surface area contributed by atoms with Gasteiger partial charge in [0.15, 0.2) is 0 Å². The number of rotatable bonds is 3. The molecule has 1 aromatic carbocycles. The second-order valence-corrected chi connectivity index (χ2v) is 8.57. The predicted molar refractivity (Wildman–Crippen MR) is 83.3 cm³/mol. The molecule has 1 aliphatic rings. The smallest absolute Gasteiger partial charge is 0.307 e. The van der Waals surface area contributed by atoms with Gasteiger partial charge in [-0.1, -0.05) is 0 Å². The number of hydrogen-bond donors (Lipinski definition) is 1. The van der Waals surface area contributed by atoms with Gasteiger partial charge in [-0.2, -0.15) is 0 Å². The summed E-state index contributed by atoms with van der Waals surface area (Å²) in [5.41, 5.74) is 1.83. The first-order valence-electron chi connectivity index (χ1n) is 6.94. The summed E-state index contributed by atoms with van der Waals surface area (Å²) in [6.07, 6.45) is 0.975. The Hall–Kier alpha value is -1.27. The fraction of sp³-hybridized carbons (Fsp3) is 0.533. The van der Waals surface area contributed by atoms with Crippen molar-refractivity contribution in [2.45, 2.75) is 57.5 Å². The molecule has 0 aromatic heterocycles. The first kappa shape index (κ1) is 17.1. The van der Waals surface area contributed by atoms with Crippen LogP contribution in [0.3, 0.4) is 0 Å². The number of benzene rings is 1. The highest BCUT2D eigenvalue weighted by Gasteiger charge is 2.37. The topological polar surface area (TPSA) is 80.7 Å². The summed E-state index contributed by atoms with van der Waals surface area (Å²) >= 11 is 0. The minimum atomic E-state index is -3.85. The molecule has 1 atom stereocenters. The van der Waals surface area contributed by atoms with Gasteiger partial charge in [0.1, 0.15) is 11.4 Å². The molecule has 1 aromatic rings. The summed E-state index contributed by atoms with van der Waals surface area (Å²) < 4.78 is 29.6. The maximum Gasteiger partial charge on any atom is 0.307 e. The lowest BCUT2D eigenvalue weighted by Gasteiger charge is -2.37. The SMILES string of the molecule is Cc1c(C)c(S(=O)(=O)Cl)c(C)c2c1OC(C)(CC(=O)O)CC2. The van der Waals surface area contributed by atoms with Crippen LogP contribution in [-0.2, 0) is 20.3 Å². The molecule has 1 unspecified atom stereocenters. The average Bonchev–Trinajstić information content (AvgIpc) is 2.33. The minimum Gasteiger partial charge on any atom is -0.486 e. The molecule has 0 aliphatic carbocycles. The molecule has 5 nitrogen and oxygen atoms in total. The normalized spacial score (nSPS) is 21.1. The van der Waals surface area contributed by atoms with E-state index in [1.54, 1.807) is 27.7 Å². The van der Waals surface area contributed by atoms with Gasteiger partial charge in [0.25, 0.3) is 9.05 Å². The second-order valence-electron chi connectivity index (χ2n) is 6.07. The van der Waals surface area contributed by atoms with Crippen LogP contribution in [0.15, 0.2) is 4.90 Å². The van der Waals surface area contributed by atoms with Gasteiger partial charge in [-0.15, -0.1) is 0 Å². The summed E-state index contributed by atoms with van der Waals surface area (Å²) in [6.45, 7) is 6.93. The van der Waals surface area contributed by atoms with Crippen molar-refractivity contribution in [3.8, 4) is 5.75 Å². The van der Waals surface area contributed by atoms with E-state index in [0.29, 0.717) is 35.3 Å². The average molecular weight is 347 g/mol. The molecule has 122 valence electrons. The van der Waals surface area contributed by atoms with E-state index in [2.05, 4.69) is 0 Å². The van der Waals surface area contributed by atoms with Gasteiger partial charge in [0, 0.05) is 10.7 Å². The van der Waals surface area contributed by atoms with E-state index in [1.165, 1.54) is 0 Å². The molecule has 0 saturated heterocycles. The molecule has 0 amide bonds. The summed E-state index contributed by atoms with van der Waals surface area (Å²) in [6, 6.07) is 0. The number of carbonyl (C=O) groups is 1. The van der Waals surface area contributed by atoms with E-state index in [1.807, 2.05) is 0 Å². The highest BCUT2D eigenvalue weighted by atomic mass is 35.7. The number of ether oxygens (including phenoxy) is 1. The number of aliphatic carboxylic acids is 1. The third kappa shape index (κ3) is 2.94. The molecule has 22 heavy (non-hydrogen) atoms. The lowest BCUT2D eigenvalue weighted by molar-refractivity contribution is -0.141. The zero-order chi connectivity index (χ0) is 16.9. The molecule has 1 aliphatic heterocycles. The zero-order valence-corrected chi connectivity index (χ0v) is 14.6. The molecule has 0 bridgehead atoms. The molecular formula is C15H19ClO5S. The van der Waals surface area contributed by atoms with Crippen LogP contribution in [0.5, 0.6) is 5.75 Å². The van der Waals surface area contributed by atoms with Crippen molar-refractivity contribution >= 4 is 25.7 Å². The lowest BCUT2D eigenvalue weighted by Crippen LogP contribution is -2.39. The third-order valence-electron chi connectivity index (χ3n) is 4.33. The van der Waals surface area contributed by atoms with E-state index < -0.39 is 20.6 Å². The van der Waals surface area contributed by atoms with Crippen LogP contribution in [-0.4, -0.2) is 25.1 Å². The maximum atomic E-state index is 11.8. The minimum absolute atomic E-state index is 0.0977. The number of halogens is 1. The highest BCUT2D eigenvalue weighted by Crippen LogP contribution is 2.43. The number of carboxylic acid groups (broad SMARTS) is 1. The summed E-state index contributed by atoms with van der Waals surface area (Å²) in [5.74, 6) is -0.328. The van der Waals surface area contributed by atoms with Gasteiger partial charge in [-0.25, -0.2) is 8.42 Å². The van der Waals surface area contributed by atoms with Gasteiger partial charge >= 0.3 is 5.97 Å². The van der Waals surface area contributed by atoms with Crippen molar-refractivity contribution in [2.75, 3.05) is 0 Å². The Labute approximate surface area is 134 Å². The van der Waals surface area contributed by atoms with Crippen molar-refractivity contribution in [1.29, 1.82) is 0 Å². The summed E-state index contributed by atoms with van der Waals surface area (Å²) in [4.78, 5) is 11.1. The molecule has 1 heterocycles. The van der Waals surface area contributed by atoms with Crippen molar-refractivity contribution < 1.29 is 23.1 Å². The van der Waals surface area contributed by atoms with Crippen molar-refractivity contribution in [3.63, 3.8) is 0 Å². The van der Waals surface area contributed by atoms with Crippen LogP contribution in [0.2, 0.25) is 0 Å². The Morgan fingerprint density at radius 1 is 1.27 bits per heavy atom. The Morgan fingerprint density at radius 2 is 1.86 bits per heavy atom. The van der Waals surface area contributed by atoms with Crippen LogP contribution < -0.4 is 4.74 Å². The van der Waals surface area contributed by atoms with E-state index in [0.717, 1.165) is 5.56 Å². The fourth-order valence-corrected chi connectivity index (χ4v) is 4.79. The van der Waals surface area contributed by atoms with Crippen LogP contribution in [0, 0.1) is 20.8 Å². The molecule has 2 rings (SSSR count). The van der Waals surface area contributed by atoms with Gasteiger partial charge in [-0.3, -0.25) is 4.79 Å². The maximum absolute atomic E-state index is 11.8. The molecule has 0 fully saturated rings. The standard InChI is InChI=1S/C15H19ClO5S/c1-8-9(2)14(22(16,19)20)10(3)11-5-6-15(4,7-12(17)18)21-13(8)11/h5-7H2,1-4H3,(H,17,18). The van der Waals surface area contributed by atoms with E-state index in [-0.39, 0.29) is 11.3 Å². The van der Waals surface area contributed by atoms with Crippen LogP contribution in [0.4, 0.5) is 0 Å². The molecule has 0 spiro atoms. The van der Waals surface area contributed by atoms with Crippen molar-refractivity contribution in [1.82, 2.24) is 0 Å². The summed E-state index contributed by atoms with van der Waals surface area (Å²) in [7, 11) is 1.72. The lowest BCUT2D eigenvalue weighted by atomic mass is 9.86. The van der Waals surface area contributed by atoms with Crippen molar-refractivity contribution in [3.05, 3.63) is 22.3 Å². The predicted octanol–water partition coefficient (Wildman–Crippen LogP) is 3.10. The molecular weight excluding hydrogens is 328 g/mol. The first-order valence-corrected chi connectivity index (χ1v) is 9.25. The van der Waals surface area contributed by atoms with Crippen LogP contribution >= 0.6 is 10.7 Å². The van der Waals surface area contributed by atoms with Crippen LogP contribution in [0.25, 0.3) is 0 Å². The molecule has 1 N–H and O–H groups in total. The Bertz CT molecular complexity index is 754. The monoisotopic (exact) mass is 346 g/mol. The van der Waals surface area contributed by atoms with Gasteiger partial charge in [0.05, 0.1) is 11.3 Å². The molecule has 0 radical (unpaired) electrons. The highest BCUT2D eigenvalue weighted by molar-refractivity contribution is 8.13. The Kier molecular flexibility index (Phi) is 4.21. The third-order valence-corrected chi connectivity index (χ3v) is 5.90. The largest absolute Gasteiger partial charge is 0.486 e. The second kappa shape index (κ2) is 5.42. The van der Waals surface area contributed by atoms with Gasteiger partial charge in [0.2, 0.25) is 0 Å². The Morgan fingerprint density at radius 3 is 2.36 bits per heavy atom. The van der Waals surface area contributed by atoms with Gasteiger partial charge in [-0.05, 0) is 62.8 Å². The zero-order valence-electron chi connectivity index (χ0n) is 13.0. The van der Waals surface area contributed by atoms with E-state index >= 15 is 0 Å². The Balaban J connectivity index is 2.63. The van der Waals surface area contributed by atoms with Crippen molar-refractivity contribution in [2.24, 2.45) is 0 Å². The summed E-state index contributed by atoms with van der Waals surface area (Å²) in [5, 5.41) is 9.03. The van der Waals surface area contributed by atoms with E-state index in [4.69, 9.17) is 20.5 Å². The number of hydrogen-bond acceptors (Lipinski definition) is 4.